The van der Waals surface area contributed by atoms with Crippen LogP contribution < -0.4 is 0 Å². The molecule has 21 heavy (non-hydrogen) atoms. The van der Waals surface area contributed by atoms with Gasteiger partial charge in [-0.3, -0.25) is 4.79 Å². The van der Waals surface area contributed by atoms with Crippen molar-refractivity contribution >= 4 is 33.3 Å². The van der Waals surface area contributed by atoms with Gasteiger partial charge in [-0.1, -0.05) is 11.6 Å². The topological polar surface area (TPSA) is 91.8 Å². The van der Waals surface area contributed by atoms with Crippen LogP contribution >= 0.6 is 11.6 Å². The Bertz CT molecular complexity index is 655. The predicted octanol–water partition coefficient (Wildman–Crippen LogP) is 1.68. The molecular weight excluding hydrogens is 318 g/mol. The van der Waals surface area contributed by atoms with E-state index in [1.54, 1.807) is 14.1 Å². The van der Waals surface area contributed by atoms with E-state index >= 15 is 0 Å². The van der Waals surface area contributed by atoms with Crippen molar-refractivity contribution in [2.45, 2.75) is 17.7 Å². The van der Waals surface area contributed by atoms with E-state index in [2.05, 4.69) is 0 Å². The lowest BCUT2D eigenvalue weighted by Crippen LogP contribution is -2.22. The molecule has 0 aliphatic heterocycles. The SMILES string of the molecule is CN(C)C(=O)CCCS(=O)(=O)c1ccc(Cl)c(C(=O)O)c1. The molecule has 0 aliphatic rings. The smallest absolute Gasteiger partial charge is 0.337 e. The molecule has 1 aromatic rings. The van der Waals surface area contributed by atoms with Gasteiger partial charge in [0.05, 0.1) is 21.2 Å². The summed E-state index contributed by atoms with van der Waals surface area (Å²) in [7, 11) is -0.462. The van der Waals surface area contributed by atoms with Gasteiger partial charge >= 0.3 is 5.97 Å². The number of carbonyl (C=O) groups excluding carboxylic acids is 1. The number of aromatic carboxylic acids is 1. The number of sulfone groups is 1. The Kier molecular flexibility index (Phi) is 5.74. The van der Waals surface area contributed by atoms with E-state index in [1.165, 1.54) is 17.0 Å². The third-order valence-electron chi connectivity index (χ3n) is 2.83. The van der Waals surface area contributed by atoms with Crippen molar-refractivity contribution < 1.29 is 23.1 Å². The summed E-state index contributed by atoms with van der Waals surface area (Å²) in [6, 6.07) is 3.54. The van der Waals surface area contributed by atoms with E-state index in [0.717, 1.165) is 6.07 Å². The summed E-state index contributed by atoms with van der Waals surface area (Å²) in [4.78, 5) is 23.6. The van der Waals surface area contributed by atoms with Gasteiger partial charge in [0, 0.05) is 20.5 Å². The molecule has 0 radical (unpaired) electrons. The van der Waals surface area contributed by atoms with Gasteiger partial charge in [-0.2, -0.15) is 0 Å². The van der Waals surface area contributed by atoms with E-state index in [1.807, 2.05) is 0 Å². The number of hydrogen-bond donors (Lipinski definition) is 1. The van der Waals surface area contributed by atoms with Gasteiger partial charge in [0.2, 0.25) is 5.91 Å². The fourth-order valence-corrected chi connectivity index (χ4v) is 3.15. The number of hydrogen-bond acceptors (Lipinski definition) is 4. The normalized spacial score (nSPS) is 11.2. The maximum atomic E-state index is 12.1. The first-order valence-electron chi connectivity index (χ1n) is 6.11. The minimum atomic E-state index is -3.65. The molecule has 0 saturated heterocycles. The highest BCUT2D eigenvalue weighted by Crippen LogP contribution is 2.22. The molecule has 116 valence electrons. The van der Waals surface area contributed by atoms with Crippen molar-refractivity contribution in [3.05, 3.63) is 28.8 Å². The van der Waals surface area contributed by atoms with E-state index in [9.17, 15) is 18.0 Å². The van der Waals surface area contributed by atoms with Crippen molar-refractivity contribution in [1.29, 1.82) is 0 Å². The van der Waals surface area contributed by atoms with Gasteiger partial charge in [-0.25, -0.2) is 13.2 Å². The van der Waals surface area contributed by atoms with Crippen LogP contribution in [0.3, 0.4) is 0 Å². The molecule has 0 atom stereocenters. The maximum Gasteiger partial charge on any atom is 0.337 e. The molecule has 0 spiro atoms. The van der Waals surface area contributed by atoms with Gasteiger partial charge in [0.25, 0.3) is 0 Å². The lowest BCUT2D eigenvalue weighted by Gasteiger charge is -2.10. The number of halogens is 1. The van der Waals surface area contributed by atoms with Crippen LogP contribution in [-0.2, 0) is 14.6 Å². The van der Waals surface area contributed by atoms with Gasteiger partial charge < -0.3 is 10.0 Å². The van der Waals surface area contributed by atoms with Crippen LogP contribution in [0.4, 0.5) is 0 Å². The average Bonchev–Trinajstić information content (AvgIpc) is 2.38. The summed E-state index contributed by atoms with van der Waals surface area (Å²) >= 11 is 5.70. The minimum absolute atomic E-state index is 0.0239. The fraction of sp³-hybridized carbons (Fsp3) is 0.385. The number of rotatable bonds is 6. The maximum absolute atomic E-state index is 12.1. The highest BCUT2D eigenvalue weighted by Gasteiger charge is 2.19. The summed E-state index contributed by atoms with van der Waals surface area (Å²) in [5, 5.41) is 8.91. The fourth-order valence-electron chi connectivity index (χ4n) is 1.62. The Labute approximate surface area is 128 Å². The van der Waals surface area contributed by atoms with Crippen LogP contribution in [-0.4, -0.2) is 50.1 Å². The first-order valence-corrected chi connectivity index (χ1v) is 8.14. The van der Waals surface area contributed by atoms with Crippen LogP contribution in [0.25, 0.3) is 0 Å². The Morgan fingerprint density at radius 3 is 2.43 bits per heavy atom. The van der Waals surface area contributed by atoms with Gasteiger partial charge in [-0.05, 0) is 24.6 Å². The second-order valence-electron chi connectivity index (χ2n) is 4.66. The molecule has 1 N–H and O–H groups in total. The van der Waals surface area contributed by atoms with Gasteiger partial charge in [0.1, 0.15) is 0 Å². The molecule has 1 rings (SSSR count). The quantitative estimate of drug-likeness (QED) is 0.855. The molecule has 1 aromatic carbocycles. The van der Waals surface area contributed by atoms with Gasteiger partial charge in [0.15, 0.2) is 9.84 Å². The number of amides is 1. The number of benzene rings is 1. The highest BCUT2D eigenvalue weighted by molar-refractivity contribution is 7.91. The van der Waals surface area contributed by atoms with E-state index in [-0.39, 0.29) is 40.0 Å². The second-order valence-corrected chi connectivity index (χ2v) is 7.17. The van der Waals surface area contributed by atoms with E-state index in [0.29, 0.717) is 0 Å². The summed E-state index contributed by atoms with van der Waals surface area (Å²) in [5.41, 5.74) is -0.262. The molecule has 0 unspecified atom stereocenters. The molecule has 0 fully saturated rings. The molecule has 0 aromatic heterocycles. The number of carboxylic acid groups (broad SMARTS) is 1. The van der Waals surface area contributed by atoms with Crippen molar-refractivity contribution in [2.75, 3.05) is 19.8 Å². The van der Waals surface area contributed by atoms with Crippen LogP contribution in [0.15, 0.2) is 23.1 Å². The largest absolute Gasteiger partial charge is 0.478 e. The first-order chi connectivity index (χ1) is 9.65. The van der Waals surface area contributed by atoms with Crippen molar-refractivity contribution in [2.24, 2.45) is 0 Å². The number of carboxylic acids is 1. The van der Waals surface area contributed by atoms with Crippen molar-refractivity contribution in [1.82, 2.24) is 4.90 Å². The third-order valence-corrected chi connectivity index (χ3v) is 4.96. The molecule has 0 bridgehead atoms. The summed E-state index contributed by atoms with van der Waals surface area (Å²) in [6.45, 7) is 0. The first kappa shape index (κ1) is 17.5. The summed E-state index contributed by atoms with van der Waals surface area (Å²) in [6.07, 6.45) is 0.288. The Balaban J connectivity index is 2.86. The average molecular weight is 334 g/mol. The Morgan fingerprint density at radius 1 is 1.29 bits per heavy atom. The lowest BCUT2D eigenvalue weighted by molar-refractivity contribution is -0.128. The molecular formula is C13H16ClNO5S. The highest BCUT2D eigenvalue weighted by atomic mass is 35.5. The second kappa shape index (κ2) is 6.91. The van der Waals surface area contributed by atoms with Gasteiger partial charge in [-0.15, -0.1) is 0 Å². The Hall–Kier alpha value is -1.60. The third kappa shape index (κ3) is 4.71. The zero-order valence-corrected chi connectivity index (χ0v) is 13.2. The lowest BCUT2D eigenvalue weighted by atomic mass is 10.2. The molecule has 6 nitrogen and oxygen atoms in total. The standard InChI is InChI=1S/C13H16ClNO5S/c1-15(2)12(16)4-3-7-21(19,20)9-5-6-11(14)10(8-9)13(17)18/h5-6,8H,3-4,7H2,1-2H3,(H,17,18). The molecule has 1 amide bonds. The zero-order valence-electron chi connectivity index (χ0n) is 11.7. The number of carbonyl (C=O) groups is 2. The van der Waals surface area contributed by atoms with E-state index < -0.39 is 15.8 Å². The molecule has 0 heterocycles. The molecule has 0 aliphatic carbocycles. The molecule has 0 saturated carbocycles. The molecule has 8 heteroatoms. The van der Waals surface area contributed by atoms with Crippen LogP contribution in [0.5, 0.6) is 0 Å². The Morgan fingerprint density at radius 2 is 1.90 bits per heavy atom. The van der Waals surface area contributed by atoms with Crippen LogP contribution in [0, 0.1) is 0 Å². The van der Waals surface area contributed by atoms with Crippen LogP contribution in [0.2, 0.25) is 5.02 Å². The van der Waals surface area contributed by atoms with Crippen molar-refractivity contribution in [3.8, 4) is 0 Å². The monoisotopic (exact) mass is 333 g/mol. The van der Waals surface area contributed by atoms with Crippen molar-refractivity contribution in [3.63, 3.8) is 0 Å². The summed E-state index contributed by atoms with van der Waals surface area (Å²) < 4.78 is 24.2. The number of nitrogens with zero attached hydrogens (tertiary/aromatic N) is 1. The van der Waals surface area contributed by atoms with E-state index in [4.69, 9.17) is 16.7 Å². The summed E-state index contributed by atoms with van der Waals surface area (Å²) in [5.74, 6) is -1.68. The zero-order chi connectivity index (χ0) is 16.2. The minimum Gasteiger partial charge on any atom is -0.478 e. The van der Waals surface area contributed by atoms with Crippen LogP contribution in [0.1, 0.15) is 23.2 Å². The predicted molar refractivity (Wildman–Crippen MR) is 78.4 cm³/mol.